The average Bonchev–Trinajstić information content (AvgIpc) is 2.82. The number of nitrogens with one attached hydrogen (secondary N) is 1. The molecule has 5 nitrogen and oxygen atoms in total. The van der Waals surface area contributed by atoms with Crippen LogP contribution < -0.4 is 5.32 Å². The molecule has 0 aromatic heterocycles. The quantitative estimate of drug-likeness (QED) is 0.840. The summed E-state index contributed by atoms with van der Waals surface area (Å²) in [5.74, 6) is -1.94. The number of esters is 1. The van der Waals surface area contributed by atoms with Gasteiger partial charge in [-0.3, -0.25) is 0 Å². The Balaban J connectivity index is 1.87. The van der Waals surface area contributed by atoms with Crippen LogP contribution in [0, 0.1) is 11.6 Å². The van der Waals surface area contributed by atoms with Gasteiger partial charge < -0.3 is 15.2 Å². The number of carbonyl (C=O) groups is 2. The zero-order valence-corrected chi connectivity index (χ0v) is 12.4. The molecule has 0 saturated heterocycles. The maximum Gasteiger partial charge on any atom is 0.404 e. The molecular weight excluding hydrogens is 320 g/mol. The molecule has 0 aliphatic carbocycles. The number of hydrogen-bond acceptors (Lipinski definition) is 3. The number of hydrogen-bond donors (Lipinski definition) is 2. The van der Waals surface area contributed by atoms with E-state index in [4.69, 9.17) is 9.84 Å². The lowest BCUT2D eigenvalue weighted by Crippen LogP contribution is -2.23. The molecule has 1 aliphatic heterocycles. The summed E-state index contributed by atoms with van der Waals surface area (Å²) in [6, 6.07) is 7.96. The van der Waals surface area contributed by atoms with Crippen LogP contribution in [-0.4, -0.2) is 23.7 Å². The first-order valence-electron chi connectivity index (χ1n) is 7.22. The van der Waals surface area contributed by atoms with E-state index in [0.29, 0.717) is 28.7 Å². The number of ether oxygens (including phenoxy) is 1. The fourth-order valence-electron chi connectivity index (χ4n) is 2.69. The van der Waals surface area contributed by atoms with Crippen LogP contribution in [0.15, 0.2) is 36.4 Å². The molecule has 1 unspecified atom stereocenters. The van der Waals surface area contributed by atoms with Crippen molar-refractivity contribution in [2.45, 2.75) is 12.5 Å². The number of halogens is 2. The number of carbonyl (C=O) groups excluding carboxylic acids is 1. The number of rotatable bonds is 4. The second-order valence-electron chi connectivity index (χ2n) is 5.37. The van der Waals surface area contributed by atoms with Crippen LogP contribution in [0.5, 0.6) is 0 Å². The molecule has 1 atom stereocenters. The van der Waals surface area contributed by atoms with Crippen LogP contribution in [0.2, 0.25) is 0 Å². The van der Waals surface area contributed by atoms with E-state index in [0.717, 1.165) is 6.07 Å². The van der Waals surface area contributed by atoms with Gasteiger partial charge in [0.05, 0.1) is 5.56 Å². The molecule has 0 spiro atoms. The summed E-state index contributed by atoms with van der Waals surface area (Å²) in [4.78, 5) is 22.4. The highest BCUT2D eigenvalue weighted by molar-refractivity contribution is 5.95. The summed E-state index contributed by atoms with van der Waals surface area (Å²) >= 11 is 0. The zero-order valence-electron chi connectivity index (χ0n) is 12.4. The van der Waals surface area contributed by atoms with Crippen molar-refractivity contribution in [3.05, 3.63) is 59.2 Å². The average molecular weight is 333 g/mol. The Morgan fingerprint density at radius 1 is 1.12 bits per heavy atom. The van der Waals surface area contributed by atoms with Gasteiger partial charge in [-0.05, 0) is 29.3 Å². The summed E-state index contributed by atoms with van der Waals surface area (Å²) < 4.78 is 31.9. The van der Waals surface area contributed by atoms with Crippen LogP contribution in [-0.2, 0) is 4.74 Å². The summed E-state index contributed by atoms with van der Waals surface area (Å²) in [6.07, 6.45) is -1.39. The third-order valence-corrected chi connectivity index (χ3v) is 3.75. The minimum atomic E-state index is -1.15. The molecule has 0 bridgehead atoms. The summed E-state index contributed by atoms with van der Waals surface area (Å²) in [6.45, 7) is 0.142. The van der Waals surface area contributed by atoms with Gasteiger partial charge in [0, 0.05) is 24.6 Å². The van der Waals surface area contributed by atoms with Gasteiger partial charge >= 0.3 is 12.1 Å². The van der Waals surface area contributed by atoms with E-state index in [2.05, 4.69) is 5.32 Å². The Morgan fingerprint density at radius 2 is 1.83 bits per heavy atom. The highest BCUT2D eigenvalue weighted by Crippen LogP contribution is 2.35. The Bertz CT molecular complexity index is 802. The first-order valence-corrected chi connectivity index (χ1v) is 7.22. The topological polar surface area (TPSA) is 75.6 Å². The third-order valence-electron chi connectivity index (χ3n) is 3.75. The predicted octanol–water partition coefficient (Wildman–Crippen LogP) is 3.50. The van der Waals surface area contributed by atoms with Gasteiger partial charge in [0.15, 0.2) is 0 Å². The maximum absolute atomic E-state index is 13.3. The monoisotopic (exact) mass is 333 g/mol. The Labute approximate surface area is 135 Å². The van der Waals surface area contributed by atoms with Gasteiger partial charge in [0.2, 0.25) is 0 Å². The maximum atomic E-state index is 13.3. The van der Waals surface area contributed by atoms with Crippen molar-refractivity contribution in [2.75, 3.05) is 6.54 Å². The summed E-state index contributed by atoms with van der Waals surface area (Å²) in [5.41, 5.74) is 1.76. The van der Waals surface area contributed by atoms with E-state index in [1.807, 2.05) is 0 Å². The molecule has 1 amide bonds. The molecule has 2 N–H and O–H groups in total. The fraction of sp³-hybridized carbons (Fsp3) is 0.176. The van der Waals surface area contributed by atoms with E-state index >= 15 is 0 Å². The molecule has 3 rings (SSSR count). The molecule has 2 aromatic rings. The van der Waals surface area contributed by atoms with Crippen molar-refractivity contribution in [1.82, 2.24) is 5.32 Å². The van der Waals surface area contributed by atoms with E-state index in [9.17, 15) is 18.4 Å². The fourth-order valence-corrected chi connectivity index (χ4v) is 2.69. The summed E-state index contributed by atoms with van der Waals surface area (Å²) in [5, 5.41) is 10.8. The van der Waals surface area contributed by atoms with E-state index < -0.39 is 29.8 Å². The van der Waals surface area contributed by atoms with Gasteiger partial charge in [-0.25, -0.2) is 18.4 Å². The highest BCUT2D eigenvalue weighted by Gasteiger charge is 2.31. The van der Waals surface area contributed by atoms with Crippen molar-refractivity contribution in [1.29, 1.82) is 0 Å². The van der Waals surface area contributed by atoms with Crippen LogP contribution in [0.25, 0.3) is 11.1 Å². The minimum Gasteiger partial charge on any atom is -0.465 e. The van der Waals surface area contributed by atoms with Crippen molar-refractivity contribution < 1.29 is 28.2 Å². The van der Waals surface area contributed by atoms with E-state index in [1.54, 1.807) is 12.1 Å². The highest BCUT2D eigenvalue weighted by atomic mass is 19.1. The molecule has 124 valence electrons. The first-order chi connectivity index (χ1) is 11.4. The lowest BCUT2D eigenvalue weighted by atomic mass is 9.97. The molecule has 0 saturated carbocycles. The van der Waals surface area contributed by atoms with Crippen LogP contribution >= 0.6 is 0 Å². The standard InChI is InChI=1S/C17H13F2NO4/c18-11-5-10(6-12(19)8-11)9-1-2-13-14(7-9)16(21)24-15(13)3-4-20-17(22)23/h1-2,5-8,15,20H,3-4H2,(H,22,23). The lowest BCUT2D eigenvalue weighted by Gasteiger charge is -2.10. The minimum absolute atomic E-state index is 0.142. The van der Waals surface area contributed by atoms with Gasteiger partial charge in [-0.2, -0.15) is 0 Å². The molecule has 24 heavy (non-hydrogen) atoms. The Kier molecular flexibility index (Phi) is 4.16. The normalized spacial score (nSPS) is 15.8. The van der Waals surface area contributed by atoms with Crippen molar-refractivity contribution >= 4 is 12.1 Å². The van der Waals surface area contributed by atoms with Gasteiger partial charge in [0.1, 0.15) is 17.7 Å². The summed E-state index contributed by atoms with van der Waals surface area (Å²) in [7, 11) is 0. The largest absolute Gasteiger partial charge is 0.465 e. The lowest BCUT2D eigenvalue weighted by molar-refractivity contribution is 0.0370. The van der Waals surface area contributed by atoms with Crippen LogP contribution in [0.4, 0.5) is 13.6 Å². The SMILES string of the molecule is O=C(O)NCCC1OC(=O)c2cc(-c3cc(F)cc(F)c3)ccc21. The number of amides is 1. The number of cyclic esters (lactones) is 1. The van der Waals surface area contributed by atoms with Gasteiger partial charge in [-0.1, -0.05) is 12.1 Å². The number of benzene rings is 2. The molecule has 0 fully saturated rings. The molecule has 7 heteroatoms. The van der Waals surface area contributed by atoms with Crippen LogP contribution in [0.1, 0.15) is 28.4 Å². The number of carboxylic acid groups (broad SMARTS) is 1. The Hall–Kier alpha value is -2.96. The molecular formula is C17H13F2NO4. The molecule has 2 aromatic carbocycles. The second kappa shape index (κ2) is 6.27. The van der Waals surface area contributed by atoms with Crippen molar-refractivity contribution in [2.24, 2.45) is 0 Å². The van der Waals surface area contributed by atoms with Crippen LogP contribution in [0.3, 0.4) is 0 Å². The Morgan fingerprint density at radius 3 is 2.50 bits per heavy atom. The molecule has 1 aliphatic rings. The van der Waals surface area contributed by atoms with Crippen molar-refractivity contribution in [3.8, 4) is 11.1 Å². The smallest absolute Gasteiger partial charge is 0.404 e. The van der Waals surface area contributed by atoms with E-state index in [-0.39, 0.29) is 6.54 Å². The molecule has 1 heterocycles. The number of fused-ring (bicyclic) bond motifs is 1. The first kappa shape index (κ1) is 15.9. The molecule has 0 radical (unpaired) electrons. The third kappa shape index (κ3) is 3.19. The predicted molar refractivity (Wildman–Crippen MR) is 80.6 cm³/mol. The van der Waals surface area contributed by atoms with E-state index in [1.165, 1.54) is 18.2 Å². The van der Waals surface area contributed by atoms with Crippen molar-refractivity contribution in [3.63, 3.8) is 0 Å². The van der Waals surface area contributed by atoms with Gasteiger partial charge in [-0.15, -0.1) is 0 Å². The second-order valence-corrected chi connectivity index (χ2v) is 5.37. The van der Waals surface area contributed by atoms with Gasteiger partial charge in [0.25, 0.3) is 0 Å². The zero-order chi connectivity index (χ0) is 17.3.